The van der Waals surface area contributed by atoms with Gasteiger partial charge in [-0.25, -0.2) is 13.8 Å². The topological polar surface area (TPSA) is 64.1 Å². The van der Waals surface area contributed by atoms with Crippen LogP contribution >= 0.6 is 0 Å². The number of imidazole rings is 1. The number of aliphatic hydroxyl groups excluding tert-OH is 1. The van der Waals surface area contributed by atoms with E-state index in [9.17, 15) is 8.78 Å². The molecule has 0 saturated carbocycles. The van der Waals surface area contributed by atoms with Gasteiger partial charge in [-0.2, -0.15) is 0 Å². The molecule has 16 heavy (non-hydrogen) atoms. The average Bonchev–Trinajstić information content (AvgIpc) is 2.55. The molecule has 0 saturated heterocycles. The summed E-state index contributed by atoms with van der Waals surface area (Å²) in [5, 5.41) is 9.04. The number of nitrogen functional groups attached to an aromatic ring is 1. The summed E-state index contributed by atoms with van der Waals surface area (Å²) >= 11 is 0. The Morgan fingerprint density at radius 3 is 2.81 bits per heavy atom. The smallest absolute Gasteiger partial charge is 0.256 e. The molecule has 0 amide bonds. The zero-order chi connectivity index (χ0) is 11.7. The van der Waals surface area contributed by atoms with E-state index in [0.717, 1.165) is 0 Å². The summed E-state index contributed by atoms with van der Waals surface area (Å²) in [6.45, 7) is -0.850. The van der Waals surface area contributed by atoms with E-state index in [1.807, 2.05) is 0 Å². The van der Waals surface area contributed by atoms with Gasteiger partial charge >= 0.3 is 0 Å². The van der Waals surface area contributed by atoms with Crippen molar-refractivity contribution >= 4 is 16.7 Å². The van der Waals surface area contributed by atoms with Gasteiger partial charge in [0, 0.05) is 5.69 Å². The lowest BCUT2D eigenvalue weighted by atomic mass is 10.3. The Balaban J connectivity index is 2.59. The number of aromatic nitrogens is 2. The molecule has 0 spiro atoms. The monoisotopic (exact) mass is 227 g/mol. The number of nitrogens with zero attached hydrogens (tertiary/aromatic N) is 2. The van der Waals surface area contributed by atoms with Gasteiger partial charge in [-0.1, -0.05) is 0 Å². The fraction of sp³-hybridized carbons (Fsp3) is 0.300. The van der Waals surface area contributed by atoms with Crippen molar-refractivity contribution in [2.75, 3.05) is 5.73 Å². The van der Waals surface area contributed by atoms with Gasteiger partial charge in [-0.15, -0.1) is 0 Å². The van der Waals surface area contributed by atoms with E-state index in [2.05, 4.69) is 4.98 Å². The van der Waals surface area contributed by atoms with Crippen molar-refractivity contribution < 1.29 is 13.9 Å². The Morgan fingerprint density at radius 2 is 2.19 bits per heavy atom. The number of benzene rings is 1. The van der Waals surface area contributed by atoms with Gasteiger partial charge < -0.3 is 15.4 Å². The van der Waals surface area contributed by atoms with E-state index in [0.29, 0.717) is 16.7 Å². The predicted octanol–water partition coefficient (Wildman–Crippen LogP) is 1.38. The second-order valence-electron chi connectivity index (χ2n) is 3.44. The van der Waals surface area contributed by atoms with Crippen LogP contribution in [0.1, 0.15) is 5.82 Å². The highest BCUT2D eigenvalue weighted by atomic mass is 19.3. The van der Waals surface area contributed by atoms with Gasteiger partial charge in [0.05, 0.1) is 17.6 Å². The van der Waals surface area contributed by atoms with Gasteiger partial charge in [0.15, 0.2) is 0 Å². The first-order valence-corrected chi connectivity index (χ1v) is 4.75. The van der Waals surface area contributed by atoms with Crippen LogP contribution in [0.4, 0.5) is 14.5 Å². The first-order valence-electron chi connectivity index (χ1n) is 4.75. The Labute approximate surface area is 90.3 Å². The molecular formula is C10H11F2N3O. The Hall–Kier alpha value is -1.69. The van der Waals surface area contributed by atoms with Gasteiger partial charge in [0.25, 0.3) is 6.43 Å². The van der Waals surface area contributed by atoms with E-state index in [4.69, 9.17) is 10.8 Å². The summed E-state index contributed by atoms with van der Waals surface area (Å²) in [5.74, 6) is 0.223. The average molecular weight is 227 g/mol. The lowest BCUT2D eigenvalue weighted by molar-refractivity contribution is 0.124. The molecule has 0 bridgehead atoms. The molecule has 3 N–H and O–H groups in total. The number of alkyl halides is 2. The molecule has 0 unspecified atom stereocenters. The number of hydrogen-bond acceptors (Lipinski definition) is 3. The molecule has 0 fully saturated rings. The zero-order valence-corrected chi connectivity index (χ0v) is 8.40. The molecule has 0 radical (unpaired) electrons. The fourth-order valence-corrected chi connectivity index (χ4v) is 1.66. The van der Waals surface area contributed by atoms with Crippen molar-refractivity contribution in [1.82, 2.24) is 9.55 Å². The van der Waals surface area contributed by atoms with Gasteiger partial charge in [-0.05, 0) is 18.2 Å². The van der Waals surface area contributed by atoms with Crippen LogP contribution in [0.5, 0.6) is 0 Å². The Bertz CT molecular complexity index is 510. The molecule has 6 heteroatoms. The predicted molar refractivity (Wildman–Crippen MR) is 56.1 cm³/mol. The van der Waals surface area contributed by atoms with Crippen LogP contribution in [0.2, 0.25) is 0 Å². The van der Waals surface area contributed by atoms with Crippen molar-refractivity contribution in [3.8, 4) is 0 Å². The number of halogens is 2. The number of fused-ring (bicyclic) bond motifs is 1. The highest BCUT2D eigenvalue weighted by Crippen LogP contribution is 2.20. The first-order chi connectivity index (χ1) is 7.61. The summed E-state index contributed by atoms with van der Waals surface area (Å²) in [6.07, 6.45) is -2.49. The van der Waals surface area contributed by atoms with Crippen molar-refractivity contribution in [2.45, 2.75) is 19.6 Å². The minimum atomic E-state index is -2.49. The molecule has 2 rings (SSSR count). The quantitative estimate of drug-likeness (QED) is 0.778. The summed E-state index contributed by atoms with van der Waals surface area (Å²) in [4.78, 5) is 4.04. The van der Waals surface area contributed by atoms with Crippen molar-refractivity contribution in [3.05, 3.63) is 24.0 Å². The second kappa shape index (κ2) is 4.05. The molecule has 1 heterocycles. The molecule has 2 aromatic rings. The van der Waals surface area contributed by atoms with Crippen LogP contribution in [-0.4, -0.2) is 21.1 Å². The van der Waals surface area contributed by atoms with Crippen LogP contribution in [0.25, 0.3) is 11.0 Å². The number of anilines is 1. The normalized spacial score (nSPS) is 11.5. The summed E-state index contributed by atoms with van der Waals surface area (Å²) < 4.78 is 26.0. The van der Waals surface area contributed by atoms with E-state index >= 15 is 0 Å². The van der Waals surface area contributed by atoms with E-state index < -0.39 is 13.0 Å². The van der Waals surface area contributed by atoms with Crippen LogP contribution < -0.4 is 5.73 Å². The second-order valence-corrected chi connectivity index (χ2v) is 3.44. The lowest BCUT2D eigenvalue weighted by Crippen LogP contribution is -2.10. The first kappa shape index (κ1) is 10.8. The summed E-state index contributed by atoms with van der Waals surface area (Å²) in [6, 6.07) is 4.84. The van der Waals surface area contributed by atoms with Crippen molar-refractivity contribution in [1.29, 1.82) is 0 Å². The van der Waals surface area contributed by atoms with E-state index in [1.165, 1.54) is 4.57 Å². The fourth-order valence-electron chi connectivity index (χ4n) is 1.66. The molecule has 1 aromatic carbocycles. The minimum absolute atomic E-state index is 0.223. The number of aliphatic hydroxyl groups is 1. The standard InChI is InChI=1S/C10H11F2N3O/c11-9(12)4-15-8-2-1-6(13)3-7(8)14-10(15)5-16/h1-3,9,16H,4-5,13H2. The van der Waals surface area contributed by atoms with Gasteiger partial charge in [0.1, 0.15) is 12.4 Å². The molecule has 86 valence electrons. The third kappa shape index (κ3) is 1.83. The number of hydrogen-bond donors (Lipinski definition) is 2. The SMILES string of the molecule is Nc1ccc2c(c1)nc(CO)n2CC(F)F. The Morgan fingerprint density at radius 1 is 1.44 bits per heavy atom. The third-order valence-electron chi connectivity index (χ3n) is 2.31. The molecule has 0 atom stereocenters. The third-order valence-corrected chi connectivity index (χ3v) is 2.31. The highest BCUT2D eigenvalue weighted by Gasteiger charge is 2.13. The van der Waals surface area contributed by atoms with Crippen molar-refractivity contribution in [2.24, 2.45) is 0 Å². The molecule has 0 aliphatic heterocycles. The zero-order valence-electron chi connectivity index (χ0n) is 8.40. The lowest BCUT2D eigenvalue weighted by Gasteiger charge is -2.06. The van der Waals surface area contributed by atoms with E-state index in [1.54, 1.807) is 18.2 Å². The maximum absolute atomic E-state index is 12.4. The van der Waals surface area contributed by atoms with Crippen LogP contribution in [0.15, 0.2) is 18.2 Å². The summed E-state index contributed by atoms with van der Waals surface area (Å²) in [5.41, 5.74) is 7.15. The summed E-state index contributed by atoms with van der Waals surface area (Å²) in [7, 11) is 0. The number of nitrogens with two attached hydrogens (primary N) is 1. The molecule has 0 aliphatic rings. The van der Waals surface area contributed by atoms with Gasteiger partial charge in [0.2, 0.25) is 0 Å². The maximum Gasteiger partial charge on any atom is 0.256 e. The van der Waals surface area contributed by atoms with E-state index in [-0.39, 0.29) is 12.4 Å². The molecule has 1 aromatic heterocycles. The van der Waals surface area contributed by atoms with Gasteiger partial charge in [-0.3, -0.25) is 0 Å². The van der Waals surface area contributed by atoms with Crippen LogP contribution in [-0.2, 0) is 13.2 Å². The maximum atomic E-state index is 12.4. The molecule has 4 nitrogen and oxygen atoms in total. The minimum Gasteiger partial charge on any atom is -0.399 e. The number of rotatable bonds is 3. The Kier molecular flexibility index (Phi) is 2.74. The largest absolute Gasteiger partial charge is 0.399 e. The van der Waals surface area contributed by atoms with Crippen LogP contribution in [0, 0.1) is 0 Å². The van der Waals surface area contributed by atoms with Crippen molar-refractivity contribution in [3.63, 3.8) is 0 Å². The van der Waals surface area contributed by atoms with Crippen LogP contribution in [0.3, 0.4) is 0 Å². The highest BCUT2D eigenvalue weighted by molar-refractivity contribution is 5.79. The molecular weight excluding hydrogens is 216 g/mol. The molecule has 0 aliphatic carbocycles.